The van der Waals surface area contributed by atoms with Gasteiger partial charge in [0.2, 0.25) is 0 Å². The number of benzene rings is 2. The van der Waals surface area contributed by atoms with E-state index in [1.54, 1.807) is 36.0 Å². The molecule has 2 nitrogen and oxygen atoms in total. The van der Waals surface area contributed by atoms with E-state index in [1.165, 1.54) is 16.7 Å². The minimum Gasteiger partial charge on any atom is -0.268 e. The molecule has 1 aliphatic rings. The molecular weight excluding hydrogens is 401 g/mol. The van der Waals surface area contributed by atoms with Gasteiger partial charge in [-0.15, -0.1) is 11.8 Å². The highest BCUT2D eigenvalue weighted by molar-refractivity contribution is 8.27. The normalized spacial score (nSPS) is 16.3. The molecule has 24 heavy (non-hydrogen) atoms. The van der Waals surface area contributed by atoms with Gasteiger partial charge >= 0.3 is 0 Å². The molecule has 1 amide bonds. The molecule has 0 bridgehead atoms. The Balaban J connectivity index is 1.98. The maximum absolute atomic E-state index is 12.8. The number of carbonyl (C=O) groups excluding carboxylic acids is 1. The summed E-state index contributed by atoms with van der Waals surface area (Å²) in [7, 11) is 0. The second kappa shape index (κ2) is 7.50. The average Bonchev–Trinajstić information content (AvgIpc) is 2.85. The van der Waals surface area contributed by atoms with Crippen LogP contribution in [0, 0.1) is 0 Å². The third-order valence-corrected chi connectivity index (χ3v) is 6.07. The van der Waals surface area contributed by atoms with Crippen LogP contribution in [0.15, 0.2) is 52.3 Å². The molecule has 122 valence electrons. The molecule has 0 saturated carbocycles. The molecule has 1 heterocycles. The minimum atomic E-state index is -0.167. The van der Waals surface area contributed by atoms with Gasteiger partial charge in [0.1, 0.15) is 0 Å². The number of amides is 1. The van der Waals surface area contributed by atoms with Crippen LogP contribution < -0.4 is 4.90 Å². The monoisotopic (exact) mass is 411 g/mol. The Morgan fingerprint density at radius 2 is 1.83 bits per heavy atom. The molecule has 1 fully saturated rings. The number of hydrogen-bond acceptors (Lipinski definition) is 4. The van der Waals surface area contributed by atoms with Crippen LogP contribution in [-0.2, 0) is 4.79 Å². The summed E-state index contributed by atoms with van der Waals surface area (Å²) in [5, 5.41) is 0.995. The third kappa shape index (κ3) is 3.51. The Morgan fingerprint density at radius 1 is 1.17 bits per heavy atom. The molecule has 3 rings (SSSR count). The van der Waals surface area contributed by atoms with Crippen molar-refractivity contribution in [3.8, 4) is 0 Å². The number of hydrogen-bond donors (Lipinski definition) is 0. The standard InChI is InChI=1S/C17H11Cl2NOS3/c1-23-11-5-2-4-10(8-11)20-16(21)15(24-17(20)22)9-12-13(18)6-3-7-14(12)19/h2-9H,1H3/b15-9+. The van der Waals surface area contributed by atoms with Gasteiger partial charge in [-0.1, -0.05) is 59.3 Å². The summed E-state index contributed by atoms with van der Waals surface area (Å²) in [6, 6.07) is 13.0. The molecule has 0 unspecified atom stereocenters. The van der Waals surface area contributed by atoms with Crippen molar-refractivity contribution >= 4 is 80.9 Å². The lowest BCUT2D eigenvalue weighted by Gasteiger charge is -2.15. The number of nitrogens with zero attached hydrogens (tertiary/aromatic N) is 1. The molecule has 0 radical (unpaired) electrons. The van der Waals surface area contributed by atoms with Gasteiger partial charge in [-0.05, 0) is 42.7 Å². The number of carbonyl (C=O) groups is 1. The average molecular weight is 412 g/mol. The Bertz CT molecular complexity index is 846. The summed E-state index contributed by atoms with van der Waals surface area (Å²) in [6.45, 7) is 0. The SMILES string of the molecule is CSc1cccc(N2C(=O)/C(=C\c3c(Cl)cccc3Cl)SC2=S)c1. The summed E-state index contributed by atoms with van der Waals surface area (Å²) in [4.78, 5) is 15.9. The van der Waals surface area contributed by atoms with Gasteiger partial charge in [0, 0.05) is 20.5 Å². The lowest BCUT2D eigenvalue weighted by Crippen LogP contribution is -2.27. The van der Waals surface area contributed by atoms with Crippen molar-refractivity contribution in [1.82, 2.24) is 0 Å². The highest BCUT2D eigenvalue weighted by atomic mass is 35.5. The van der Waals surface area contributed by atoms with Crippen molar-refractivity contribution in [2.45, 2.75) is 4.90 Å². The highest BCUT2D eigenvalue weighted by Gasteiger charge is 2.33. The van der Waals surface area contributed by atoms with Crippen LogP contribution in [0.3, 0.4) is 0 Å². The first-order valence-corrected chi connectivity index (χ1v) is 10.1. The predicted octanol–water partition coefficient (Wildman–Crippen LogP) is 6.12. The van der Waals surface area contributed by atoms with Crippen LogP contribution in [-0.4, -0.2) is 16.5 Å². The van der Waals surface area contributed by atoms with E-state index in [-0.39, 0.29) is 5.91 Å². The zero-order valence-electron chi connectivity index (χ0n) is 12.5. The first kappa shape index (κ1) is 17.8. The van der Waals surface area contributed by atoms with Crippen molar-refractivity contribution in [2.75, 3.05) is 11.2 Å². The van der Waals surface area contributed by atoms with E-state index in [2.05, 4.69) is 0 Å². The molecule has 0 aromatic heterocycles. The summed E-state index contributed by atoms with van der Waals surface area (Å²) in [5.41, 5.74) is 1.39. The van der Waals surface area contributed by atoms with E-state index in [4.69, 9.17) is 35.4 Å². The molecular formula is C17H11Cl2NOS3. The summed E-state index contributed by atoms with van der Waals surface area (Å²) < 4.78 is 0.493. The second-order valence-electron chi connectivity index (χ2n) is 4.85. The lowest BCUT2D eigenvalue weighted by molar-refractivity contribution is -0.113. The fourth-order valence-corrected chi connectivity index (χ4v) is 4.46. The molecule has 2 aromatic carbocycles. The van der Waals surface area contributed by atoms with Crippen LogP contribution in [0.25, 0.3) is 6.08 Å². The third-order valence-electron chi connectivity index (χ3n) is 3.38. The number of anilines is 1. The zero-order valence-corrected chi connectivity index (χ0v) is 16.4. The molecule has 0 atom stereocenters. The number of thioether (sulfide) groups is 2. The van der Waals surface area contributed by atoms with Crippen molar-refractivity contribution in [2.24, 2.45) is 0 Å². The summed E-state index contributed by atoms with van der Waals surface area (Å²) in [6.07, 6.45) is 3.69. The van der Waals surface area contributed by atoms with Gasteiger partial charge in [0.05, 0.1) is 10.6 Å². The van der Waals surface area contributed by atoms with Gasteiger partial charge < -0.3 is 0 Å². The largest absolute Gasteiger partial charge is 0.270 e. The van der Waals surface area contributed by atoms with E-state index in [9.17, 15) is 4.79 Å². The minimum absolute atomic E-state index is 0.167. The van der Waals surface area contributed by atoms with E-state index in [0.717, 1.165) is 10.6 Å². The highest BCUT2D eigenvalue weighted by Crippen LogP contribution is 2.38. The summed E-state index contributed by atoms with van der Waals surface area (Å²) >= 11 is 20.6. The Labute approximate surface area is 164 Å². The fraction of sp³-hybridized carbons (Fsp3) is 0.0588. The predicted molar refractivity (Wildman–Crippen MR) is 110 cm³/mol. The van der Waals surface area contributed by atoms with Crippen molar-refractivity contribution < 1.29 is 4.79 Å². The van der Waals surface area contributed by atoms with E-state index in [1.807, 2.05) is 30.5 Å². The van der Waals surface area contributed by atoms with Crippen molar-refractivity contribution in [3.05, 3.63) is 63.0 Å². The summed E-state index contributed by atoms with van der Waals surface area (Å²) in [5.74, 6) is -0.167. The number of thiocarbonyl (C=S) groups is 1. The van der Waals surface area contributed by atoms with Crippen LogP contribution in [0.5, 0.6) is 0 Å². The van der Waals surface area contributed by atoms with Crippen molar-refractivity contribution in [3.63, 3.8) is 0 Å². The first-order chi connectivity index (χ1) is 11.5. The molecule has 1 saturated heterocycles. The molecule has 7 heteroatoms. The Hall–Kier alpha value is -0.980. The fourth-order valence-electron chi connectivity index (χ4n) is 2.22. The smallest absolute Gasteiger partial charge is 0.268 e. The Kier molecular flexibility index (Phi) is 5.57. The lowest BCUT2D eigenvalue weighted by atomic mass is 10.2. The van der Waals surface area contributed by atoms with E-state index >= 15 is 0 Å². The van der Waals surface area contributed by atoms with Crippen LogP contribution in [0.1, 0.15) is 5.56 Å². The van der Waals surface area contributed by atoms with Crippen molar-refractivity contribution in [1.29, 1.82) is 0 Å². The number of halogens is 2. The van der Waals surface area contributed by atoms with Crippen LogP contribution >= 0.6 is 58.9 Å². The van der Waals surface area contributed by atoms with Gasteiger partial charge in [0.15, 0.2) is 4.32 Å². The van der Waals surface area contributed by atoms with Gasteiger partial charge in [-0.25, -0.2) is 0 Å². The molecule has 0 aliphatic carbocycles. The number of rotatable bonds is 3. The maximum Gasteiger partial charge on any atom is 0.270 e. The van der Waals surface area contributed by atoms with Crippen LogP contribution in [0.4, 0.5) is 5.69 Å². The maximum atomic E-state index is 12.8. The Morgan fingerprint density at radius 3 is 2.50 bits per heavy atom. The molecule has 0 N–H and O–H groups in total. The van der Waals surface area contributed by atoms with E-state index in [0.29, 0.717) is 24.8 Å². The van der Waals surface area contributed by atoms with Gasteiger partial charge in [0.25, 0.3) is 5.91 Å². The topological polar surface area (TPSA) is 20.3 Å². The zero-order chi connectivity index (χ0) is 17.3. The van der Waals surface area contributed by atoms with Gasteiger partial charge in [-0.3, -0.25) is 9.69 Å². The second-order valence-corrected chi connectivity index (χ2v) is 8.22. The van der Waals surface area contributed by atoms with E-state index < -0.39 is 0 Å². The molecule has 2 aromatic rings. The van der Waals surface area contributed by atoms with Crippen LogP contribution in [0.2, 0.25) is 10.0 Å². The first-order valence-electron chi connectivity index (χ1n) is 6.87. The molecule has 1 aliphatic heterocycles. The molecule has 0 spiro atoms. The van der Waals surface area contributed by atoms with Gasteiger partial charge in [-0.2, -0.15) is 0 Å². The quantitative estimate of drug-likeness (QED) is 0.344.